The number of aromatic amines is 1. The molecule has 5 nitrogen and oxygen atoms in total. The largest absolute Gasteiger partial charge is 0.460 e. The third-order valence-corrected chi connectivity index (χ3v) is 4.44. The Kier molecular flexibility index (Phi) is 5.36. The molecule has 0 aliphatic carbocycles. The normalized spacial score (nSPS) is 12.7. The Morgan fingerprint density at radius 2 is 1.88 bits per heavy atom. The van der Waals surface area contributed by atoms with Crippen molar-refractivity contribution < 1.29 is 4.42 Å². The van der Waals surface area contributed by atoms with Crippen molar-refractivity contribution in [2.75, 3.05) is 20.6 Å². The smallest absolute Gasteiger partial charge is 0.152 e. The molecule has 2 aromatic heterocycles. The van der Waals surface area contributed by atoms with Crippen LogP contribution in [0, 0.1) is 13.8 Å². The predicted molar refractivity (Wildman–Crippen MR) is 100 cm³/mol. The number of H-pyrrole nitrogens is 1. The monoisotopic (exact) mass is 338 g/mol. The Morgan fingerprint density at radius 1 is 1.12 bits per heavy atom. The average molecular weight is 338 g/mol. The summed E-state index contributed by atoms with van der Waals surface area (Å²) in [6, 6.07) is 13.0. The van der Waals surface area contributed by atoms with E-state index in [1.54, 1.807) is 0 Å². The van der Waals surface area contributed by atoms with Crippen LogP contribution in [0.15, 0.2) is 47.0 Å². The van der Waals surface area contributed by atoms with Crippen molar-refractivity contribution in [3.63, 3.8) is 0 Å². The summed E-state index contributed by atoms with van der Waals surface area (Å²) < 4.78 is 5.71. The second-order valence-electron chi connectivity index (χ2n) is 6.70. The molecule has 3 rings (SSSR count). The highest BCUT2D eigenvalue weighted by atomic mass is 16.3. The van der Waals surface area contributed by atoms with Gasteiger partial charge in [0.25, 0.3) is 0 Å². The second kappa shape index (κ2) is 7.68. The first-order valence-corrected chi connectivity index (χ1v) is 8.57. The summed E-state index contributed by atoms with van der Waals surface area (Å²) >= 11 is 0. The van der Waals surface area contributed by atoms with Gasteiger partial charge in [-0.1, -0.05) is 29.8 Å². The van der Waals surface area contributed by atoms with Crippen molar-refractivity contribution in [3.05, 3.63) is 65.0 Å². The van der Waals surface area contributed by atoms with E-state index in [9.17, 15) is 0 Å². The van der Waals surface area contributed by atoms with Gasteiger partial charge in [0.05, 0.1) is 6.20 Å². The van der Waals surface area contributed by atoms with Crippen LogP contribution in [0.2, 0.25) is 0 Å². The number of nitrogens with one attached hydrogen (secondary N) is 2. The molecule has 2 heterocycles. The van der Waals surface area contributed by atoms with E-state index in [0.717, 1.165) is 35.9 Å². The number of rotatable bonds is 7. The van der Waals surface area contributed by atoms with Crippen LogP contribution in [0.3, 0.4) is 0 Å². The summed E-state index contributed by atoms with van der Waals surface area (Å²) in [5, 5.41) is 10.8. The van der Waals surface area contributed by atoms with Crippen molar-refractivity contribution in [1.82, 2.24) is 20.4 Å². The maximum atomic E-state index is 5.71. The van der Waals surface area contributed by atoms with Crippen molar-refractivity contribution in [2.24, 2.45) is 0 Å². The van der Waals surface area contributed by atoms with Crippen molar-refractivity contribution in [1.29, 1.82) is 0 Å². The third-order valence-electron chi connectivity index (χ3n) is 4.44. The standard InChI is InChI=1S/C20H26N4O/c1-14-5-8-16(9-6-14)18(24(3)4)13-21-11-17-12-22-23-20(17)19-10-7-15(2)25-19/h5-10,12,18,21H,11,13H2,1-4H3,(H,22,23). The molecule has 1 atom stereocenters. The van der Waals surface area contributed by atoms with Gasteiger partial charge >= 0.3 is 0 Å². The molecule has 0 aliphatic heterocycles. The SMILES string of the molecule is Cc1ccc(C(CNCc2cn[nH]c2-c2ccc(C)o2)N(C)C)cc1. The Bertz CT molecular complexity index is 801. The van der Waals surface area contributed by atoms with Gasteiger partial charge in [0, 0.05) is 24.7 Å². The van der Waals surface area contributed by atoms with Gasteiger partial charge in [-0.3, -0.25) is 5.10 Å². The number of aryl methyl sites for hydroxylation is 2. The molecule has 2 N–H and O–H groups in total. The number of benzene rings is 1. The Morgan fingerprint density at radius 3 is 2.52 bits per heavy atom. The van der Waals surface area contributed by atoms with Crippen molar-refractivity contribution >= 4 is 0 Å². The van der Waals surface area contributed by atoms with E-state index in [2.05, 4.69) is 65.7 Å². The van der Waals surface area contributed by atoms with Crippen LogP contribution in [0.25, 0.3) is 11.5 Å². The quantitative estimate of drug-likeness (QED) is 0.690. The lowest BCUT2D eigenvalue weighted by molar-refractivity contribution is 0.288. The molecule has 0 saturated heterocycles. The zero-order valence-corrected chi connectivity index (χ0v) is 15.3. The Hall–Kier alpha value is -2.37. The van der Waals surface area contributed by atoms with E-state index >= 15 is 0 Å². The molecule has 0 bridgehead atoms. The molecule has 3 aromatic rings. The highest BCUT2D eigenvalue weighted by Crippen LogP contribution is 2.23. The highest BCUT2D eigenvalue weighted by Gasteiger charge is 2.15. The molecule has 0 fully saturated rings. The van der Waals surface area contributed by atoms with Crippen LogP contribution in [0.1, 0.15) is 28.5 Å². The van der Waals surface area contributed by atoms with E-state index in [1.165, 1.54) is 11.1 Å². The van der Waals surface area contributed by atoms with E-state index in [1.807, 2.05) is 25.3 Å². The summed E-state index contributed by atoms with van der Waals surface area (Å²) in [7, 11) is 4.22. The highest BCUT2D eigenvalue weighted by molar-refractivity contribution is 5.56. The van der Waals surface area contributed by atoms with E-state index in [-0.39, 0.29) is 0 Å². The molecule has 0 saturated carbocycles. The van der Waals surface area contributed by atoms with Gasteiger partial charge in [-0.05, 0) is 45.6 Å². The van der Waals surface area contributed by atoms with Crippen LogP contribution in [0.4, 0.5) is 0 Å². The van der Waals surface area contributed by atoms with Crippen molar-refractivity contribution in [3.8, 4) is 11.5 Å². The van der Waals surface area contributed by atoms with Gasteiger partial charge in [-0.25, -0.2) is 0 Å². The van der Waals surface area contributed by atoms with Crippen molar-refractivity contribution in [2.45, 2.75) is 26.4 Å². The number of likely N-dealkylation sites (N-methyl/N-ethyl adjacent to an activating group) is 1. The van der Waals surface area contributed by atoms with Gasteiger partial charge in [0.1, 0.15) is 11.5 Å². The lowest BCUT2D eigenvalue weighted by Gasteiger charge is -2.25. The fourth-order valence-corrected chi connectivity index (χ4v) is 2.96. The molecule has 1 unspecified atom stereocenters. The summed E-state index contributed by atoms with van der Waals surface area (Å²) in [6.07, 6.45) is 1.86. The molecule has 0 aliphatic rings. The van der Waals surface area contributed by atoms with Gasteiger partial charge < -0.3 is 14.6 Å². The van der Waals surface area contributed by atoms with Gasteiger partial charge in [0.2, 0.25) is 0 Å². The third kappa shape index (κ3) is 4.18. The van der Waals surface area contributed by atoms with E-state index in [4.69, 9.17) is 4.42 Å². The molecule has 132 valence electrons. The molecule has 0 spiro atoms. The van der Waals surface area contributed by atoms with Crippen LogP contribution in [0.5, 0.6) is 0 Å². The topological polar surface area (TPSA) is 57.1 Å². The minimum absolute atomic E-state index is 0.321. The van der Waals surface area contributed by atoms with Crippen LogP contribution in [-0.4, -0.2) is 35.7 Å². The van der Waals surface area contributed by atoms with Gasteiger partial charge in [-0.15, -0.1) is 0 Å². The zero-order chi connectivity index (χ0) is 17.8. The predicted octanol–water partition coefficient (Wildman–Crippen LogP) is 3.68. The van der Waals surface area contributed by atoms with Gasteiger partial charge in [0.15, 0.2) is 5.76 Å². The Balaban J connectivity index is 1.65. The maximum absolute atomic E-state index is 5.71. The van der Waals surface area contributed by atoms with Crippen LogP contribution >= 0.6 is 0 Å². The first-order chi connectivity index (χ1) is 12.0. The fraction of sp³-hybridized carbons (Fsp3) is 0.350. The average Bonchev–Trinajstić information content (AvgIpc) is 3.21. The second-order valence-corrected chi connectivity index (χ2v) is 6.70. The lowest BCUT2D eigenvalue weighted by Crippen LogP contribution is -2.30. The summed E-state index contributed by atoms with van der Waals surface area (Å²) in [4.78, 5) is 2.24. The fourth-order valence-electron chi connectivity index (χ4n) is 2.96. The molecule has 0 radical (unpaired) electrons. The Labute approximate surface area is 149 Å². The van der Waals surface area contributed by atoms with Gasteiger partial charge in [-0.2, -0.15) is 5.10 Å². The minimum atomic E-state index is 0.321. The number of hydrogen-bond donors (Lipinski definition) is 2. The minimum Gasteiger partial charge on any atom is -0.460 e. The molecular weight excluding hydrogens is 312 g/mol. The number of furan rings is 1. The number of nitrogens with zero attached hydrogens (tertiary/aromatic N) is 2. The summed E-state index contributed by atoms with van der Waals surface area (Å²) in [5.41, 5.74) is 4.65. The molecular formula is C20H26N4O. The molecule has 25 heavy (non-hydrogen) atoms. The first kappa shape index (κ1) is 17.5. The maximum Gasteiger partial charge on any atom is 0.152 e. The molecule has 1 aromatic carbocycles. The number of hydrogen-bond acceptors (Lipinski definition) is 4. The lowest BCUT2D eigenvalue weighted by atomic mass is 10.0. The zero-order valence-electron chi connectivity index (χ0n) is 15.3. The summed E-state index contributed by atoms with van der Waals surface area (Å²) in [5.74, 6) is 1.73. The molecule has 5 heteroatoms. The van der Waals surface area contributed by atoms with Crippen LogP contribution < -0.4 is 5.32 Å². The van der Waals surface area contributed by atoms with E-state index < -0.39 is 0 Å². The van der Waals surface area contributed by atoms with E-state index in [0.29, 0.717) is 6.04 Å². The van der Waals surface area contributed by atoms with Crippen LogP contribution in [-0.2, 0) is 6.54 Å². The summed E-state index contributed by atoms with van der Waals surface area (Å²) in [6.45, 7) is 5.66. The number of aromatic nitrogens is 2. The molecule has 0 amide bonds. The first-order valence-electron chi connectivity index (χ1n) is 8.57.